The van der Waals surface area contributed by atoms with E-state index < -0.39 is 0 Å². The Morgan fingerprint density at radius 3 is 2.23 bits per heavy atom. The van der Waals surface area contributed by atoms with E-state index in [0.717, 1.165) is 19.6 Å². The predicted molar refractivity (Wildman–Crippen MR) is 59.8 cm³/mol. The molecule has 0 saturated heterocycles. The second kappa shape index (κ2) is 5.61. The van der Waals surface area contributed by atoms with Crippen molar-refractivity contribution in [2.75, 3.05) is 26.7 Å². The van der Waals surface area contributed by atoms with E-state index in [4.69, 9.17) is 5.73 Å². The molecule has 0 amide bonds. The van der Waals surface area contributed by atoms with Crippen LogP contribution in [0, 0.1) is 11.3 Å². The SMILES string of the molecule is CC(CN)CCN(C)CC(C)(C)C. The second-order valence-corrected chi connectivity index (χ2v) is 5.43. The first-order valence-corrected chi connectivity index (χ1v) is 5.24. The summed E-state index contributed by atoms with van der Waals surface area (Å²) in [7, 11) is 2.19. The third-order valence-corrected chi connectivity index (χ3v) is 2.15. The van der Waals surface area contributed by atoms with Gasteiger partial charge < -0.3 is 10.6 Å². The zero-order valence-electron chi connectivity index (χ0n) is 9.93. The lowest BCUT2D eigenvalue weighted by Crippen LogP contribution is -2.31. The average molecular weight is 186 g/mol. The summed E-state index contributed by atoms with van der Waals surface area (Å²) < 4.78 is 0. The molecule has 0 heterocycles. The third-order valence-electron chi connectivity index (χ3n) is 2.15. The molecule has 0 radical (unpaired) electrons. The molecule has 0 aromatic heterocycles. The maximum Gasteiger partial charge on any atom is 0.00270 e. The highest BCUT2D eigenvalue weighted by atomic mass is 15.1. The molecule has 0 spiro atoms. The topological polar surface area (TPSA) is 29.3 Å². The van der Waals surface area contributed by atoms with Crippen LogP contribution in [0.15, 0.2) is 0 Å². The smallest absolute Gasteiger partial charge is 0.00270 e. The Morgan fingerprint density at radius 2 is 1.85 bits per heavy atom. The molecule has 0 bridgehead atoms. The molecule has 0 saturated carbocycles. The van der Waals surface area contributed by atoms with Crippen LogP contribution in [-0.4, -0.2) is 31.6 Å². The first kappa shape index (κ1) is 12.9. The average Bonchev–Trinajstić information content (AvgIpc) is 1.97. The molecular formula is C11H26N2. The summed E-state index contributed by atoms with van der Waals surface area (Å²) in [4.78, 5) is 2.40. The van der Waals surface area contributed by atoms with Crippen LogP contribution in [0.2, 0.25) is 0 Å². The van der Waals surface area contributed by atoms with Gasteiger partial charge >= 0.3 is 0 Å². The zero-order valence-corrected chi connectivity index (χ0v) is 9.93. The van der Waals surface area contributed by atoms with E-state index in [1.807, 2.05) is 0 Å². The van der Waals surface area contributed by atoms with Gasteiger partial charge in [0, 0.05) is 6.54 Å². The number of hydrogen-bond donors (Lipinski definition) is 1. The largest absolute Gasteiger partial charge is 0.330 e. The van der Waals surface area contributed by atoms with Crippen molar-refractivity contribution >= 4 is 0 Å². The summed E-state index contributed by atoms with van der Waals surface area (Å²) in [5, 5.41) is 0. The van der Waals surface area contributed by atoms with Crippen LogP contribution in [0.25, 0.3) is 0 Å². The predicted octanol–water partition coefficient (Wildman–Crippen LogP) is 1.95. The van der Waals surface area contributed by atoms with Gasteiger partial charge in [-0.3, -0.25) is 0 Å². The zero-order chi connectivity index (χ0) is 10.5. The Morgan fingerprint density at radius 1 is 1.31 bits per heavy atom. The van der Waals surface area contributed by atoms with E-state index in [9.17, 15) is 0 Å². The van der Waals surface area contributed by atoms with Gasteiger partial charge in [-0.25, -0.2) is 0 Å². The quantitative estimate of drug-likeness (QED) is 0.711. The molecule has 0 rings (SSSR count). The van der Waals surface area contributed by atoms with Gasteiger partial charge in [0.2, 0.25) is 0 Å². The summed E-state index contributed by atoms with van der Waals surface area (Å²) in [6.07, 6.45) is 1.21. The van der Waals surface area contributed by atoms with Gasteiger partial charge in [0.15, 0.2) is 0 Å². The molecule has 2 N–H and O–H groups in total. The van der Waals surface area contributed by atoms with Gasteiger partial charge in [-0.05, 0) is 37.9 Å². The van der Waals surface area contributed by atoms with Gasteiger partial charge in [0.05, 0.1) is 0 Å². The van der Waals surface area contributed by atoms with Crippen molar-refractivity contribution in [2.45, 2.75) is 34.1 Å². The minimum absolute atomic E-state index is 0.403. The van der Waals surface area contributed by atoms with E-state index in [2.05, 4.69) is 39.6 Å². The molecular weight excluding hydrogens is 160 g/mol. The van der Waals surface area contributed by atoms with E-state index in [-0.39, 0.29) is 0 Å². The molecule has 0 fully saturated rings. The minimum Gasteiger partial charge on any atom is -0.330 e. The first-order valence-electron chi connectivity index (χ1n) is 5.24. The van der Waals surface area contributed by atoms with Crippen LogP contribution >= 0.6 is 0 Å². The molecule has 2 heteroatoms. The minimum atomic E-state index is 0.403. The number of nitrogens with zero attached hydrogens (tertiary/aromatic N) is 1. The second-order valence-electron chi connectivity index (χ2n) is 5.43. The molecule has 13 heavy (non-hydrogen) atoms. The molecule has 2 nitrogen and oxygen atoms in total. The third kappa shape index (κ3) is 8.26. The number of rotatable bonds is 5. The molecule has 0 aliphatic rings. The van der Waals surface area contributed by atoms with E-state index in [1.54, 1.807) is 0 Å². The summed E-state index contributed by atoms with van der Waals surface area (Å²) in [6, 6.07) is 0. The monoisotopic (exact) mass is 186 g/mol. The fraction of sp³-hybridized carbons (Fsp3) is 1.00. The Kier molecular flexibility index (Phi) is 5.57. The Balaban J connectivity index is 3.57. The lowest BCUT2D eigenvalue weighted by atomic mass is 9.96. The standard InChI is InChI=1S/C11H26N2/c1-10(8-12)6-7-13(5)9-11(2,3)4/h10H,6-9,12H2,1-5H3. The van der Waals surface area contributed by atoms with Gasteiger partial charge in [-0.2, -0.15) is 0 Å². The fourth-order valence-electron chi connectivity index (χ4n) is 1.45. The number of nitrogens with two attached hydrogens (primary N) is 1. The molecule has 0 aliphatic heterocycles. The highest BCUT2D eigenvalue weighted by Gasteiger charge is 2.13. The van der Waals surface area contributed by atoms with E-state index in [1.165, 1.54) is 6.42 Å². The molecule has 1 unspecified atom stereocenters. The summed E-state index contributed by atoms with van der Waals surface area (Å²) >= 11 is 0. The van der Waals surface area contributed by atoms with Crippen LogP contribution in [0.1, 0.15) is 34.1 Å². The first-order chi connectivity index (χ1) is 5.85. The molecule has 0 aromatic rings. The molecule has 0 aromatic carbocycles. The van der Waals surface area contributed by atoms with E-state index >= 15 is 0 Å². The Hall–Kier alpha value is -0.0800. The van der Waals surface area contributed by atoms with Crippen molar-refractivity contribution in [3.63, 3.8) is 0 Å². The van der Waals surface area contributed by atoms with Crippen molar-refractivity contribution in [1.82, 2.24) is 4.90 Å². The van der Waals surface area contributed by atoms with Crippen molar-refractivity contribution < 1.29 is 0 Å². The normalized spacial score (nSPS) is 15.0. The highest BCUT2D eigenvalue weighted by Crippen LogP contribution is 2.14. The summed E-state index contributed by atoms with van der Waals surface area (Å²) in [6.45, 7) is 12.2. The summed E-state index contributed by atoms with van der Waals surface area (Å²) in [5.74, 6) is 0.655. The van der Waals surface area contributed by atoms with Gasteiger partial charge in [0.1, 0.15) is 0 Å². The maximum atomic E-state index is 5.57. The van der Waals surface area contributed by atoms with Crippen molar-refractivity contribution in [2.24, 2.45) is 17.1 Å². The van der Waals surface area contributed by atoms with Crippen molar-refractivity contribution in [3.05, 3.63) is 0 Å². The van der Waals surface area contributed by atoms with Crippen molar-refractivity contribution in [1.29, 1.82) is 0 Å². The fourth-order valence-corrected chi connectivity index (χ4v) is 1.45. The lowest BCUT2D eigenvalue weighted by Gasteiger charge is -2.27. The van der Waals surface area contributed by atoms with Crippen LogP contribution in [0.4, 0.5) is 0 Å². The Bertz CT molecular complexity index is 127. The van der Waals surface area contributed by atoms with Gasteiger partial charge in [-0.1, -0.05) is 27.7 Å². The van der Waals surface area contributed by atoms with Crippen LogP contribution in [0.5, 0.6) is 0 Å². The Labute approximate surface area is 83.5 Å². The molecule has 80 valence electrons. The van der Waals surface area contributed by atoms with Crippen LogP contribution in [0.3, 0.4) is 0 Å². The molecule has 1 atom stereocenters. The molecule has 0 aliphatic carbocycles. The van der Waals surface area contributed by atoms with Gasteiger partial charge in [-0.15, -0.1) is 0 Å². The lowest BCUT2D eigenvalue weighted by molar-refractivity contribution is 0.216. The maximum absolute atomic E-state index is 5.57. The van der Waals surface area contributed by atoms with Gasteiger partial charge in [0.25, 0.3) is 0 Å². The van der Waals surface area contributed by atoms with Crippen LogP contribution < -0.4 is 5.73 Å². The van der Waals surface area contributed by atoms with Crippen LogP contribution in [-0.2, 0) is 0 Å². The van der Waals surface area contributed by atoms with E-state index in [0.29, 0.717) is 11.3 Å². The number of hydrogen-bond acceptors (Lipinski definition) is 2. The summed E-state index contributed by atoms with van der Waals surface area (Å²) in [5.41, 5.74) is 5.97. The highest BCUT2D eigenvalue weighted by molar-refractivity contribution is 4.67. The van der Waals surface area contributed by atoms with Crippen molar-refractivity contribution in [3.8, 4) is 0 Å².